The highest BCUT2D eigenvalue weighted by Gasteiger charge is 2.10. The second-order valence-corrected chi connectivity index (χ2v) is 5.37. The zero-order valence-corrected chi connectivity index (χ0v) is 13.3. The van der Waals surface area contributed by atoms with Crippen LogP contribution in [0.15, 0.2) is 18.2 Å². The molecule has 0 atom stereocenters. The maximum Gasteiger partial charge on any atom is 0.0606 e. The number of nitrogens with one attached hydrogen (secondary N) is 1. The first-order valence-electron chi connectivity index (χ1n) is 7.89. The van der Waals surface area contributed by atoms with E-state index in [1.807, 2.05) is 0 Å². The van der Waals surface area contributed by atoms with E-state index in [4.69, 9.17) is 0 Å². The van der Waals surface area contributed by atoms with Crippen molar-refractivity contribution in [3.63, 3.8) is 0 Å². The third-order valence-electron chi connectivity index (χ3n) is 3.47. The van der Waals surface area contributed by atoms with Gasteiger partial charge in [-0.15, -0.1) is 0 Å². The number of benzene rings is 1. The van der Waals surface area contributed by atoms with Gasteiger partial charge < -0.3 is 15.3 Å². The van der Waals surface area contributed by atoms with Gasteiger partial charge in [0.2, 0.25) is 0 Å². The largest absolute Gasteiger partial charge is 0.395 e. The van der Waals surface area contributed by atoms with Crippen molar-refractivity contribution in [1.82, 2.24) is 5.32 Å². The fraction of sp³-hybridized carbons (Fsp3) is 0.647. The molecule has 0 saturated carbocycles. The fourth-order valence-corrected chi connectivity index (χ4v) is 2.39. The summed E-state index contributed by atoms with van der Waals surface area (Å²) in [5.41, 5.74) is 3.89. The molecule has 0 radical (unpaired) electrons. The Morgan fingerprint density at radius 3 is 2.60 bits per heavy atom. The van der Waals surface area contributed by atoms with Crippen molar-refractivity contribution in [3.05, 3.63) is 29.3 Å². The molecule has 114 valence electrons. The summed E-state index contributed by atoms with van der Waals surface area (Å²) in [7, 11) is 0. The van der Waals surface area contributed by atoms with Gasteiger partial charge in [-0.2, -0.15) is 0 Å². The normalized spacial score (nSPS) is 10.8. The first-order chi connectivity index (χ1) is 9.72. The molecule has 0 unspecified atom stereocenters. The van der Waals surface area contributed by atoms with Gasteiger partial charge in [0.15, 0.2) is 0 Å². The highest BCUT2D eigenvalue weighted by Crippen LogP contribution is 2.22. The van der Waals surface area contributed by atoms with E-state index in [9.17, 15) is 5.11 Å². The summed E-state index contributed by atoms with van der Waals surface area (Å²) in [6.07, 6.45) is 3.49. The number of anilines is 1. The second-order valence-electron chi connectivity index (χ2n) is 5.37. The Balaban J connectivity index is 2.87. The Morgan fingerprint density at radius 2 is 1.95 bits per heavy atom. The number of aryl methyl sites for hydroxylation is 1. The monoisotopic (exact) mass is 278 g/mol. The van der Waals surface area contributed by atoms with Crippen LogP contribution in [0.4, 0.5) is 5.69 Å². The Morgan fingerprint density at radius 1 is 1.15 bits per heavy atom. The van der Waals surface area contributed by atoms with Crippen LogP contribution in [0.1, 0.15) is 44.2 Å². The topological polar surface area (TPSA) is 35.5 Å². The van der Waals surface area contributed by atoms with Gasteiger partial charge in [-0.05, 0) is 37.9 Å². The molecular weight excluding hydrogens is 248 g/mol. The van der Waals surface area contributed by atoms with Gasteiger partial charge in [-0.25, -0.2) is 0 Å². The van der Waals surface area contributed by atoms with Crippen molar-refractivity contribution in [3.8, 4) is 0 Å². The second kappa shape index (κ2) is 9.78. The highest BCUT2D eigenvalue weighted by atomic mass is 16.3. The first kappa shape index (κ1) is 17.0. The molecule has 3 nitrogen and oxygen atoms in total. The molecule has 0 amide bonds. The standard InChI is InChI=1S/C17H30N2O/c1-4-6-10-19(11-12-20)17-8-7-15(3)13-16(17)14-18-9-5-2/h7-8,13,18,20H,4-6,9-12,14H2,1-3H3. The summed E-state index contributed by atoms with van der Waals surface area (Å²) in [5, 5.41) is 12.8. The van der Waals surface area contributed by atoms with Gasteiger partial charge in [-0.3, -0.25) is 0 Å². The summed E-state index contributed by atoms with van der Waals surface area (Å²) in [6.45, 7) is 10.4. The van der Waals surface area contributed by atoms with Crippen LogP contribution >= 0.6 is 0 Å². The summed E-state index contributed by atoms with van der Waals surface area (Å²) in [5.74, 6) is 0. The lowest BCUT2D eigenvalue weighted by Crippen LogP contribution is -2.29. The van der Waals surface area contributed by atoms with Crippen LogP contribution in [0.5, 0.6) is 0 Å². The lowest BCUT2D eigenvalue weighted by Gasteiger charge is -2.27. The number of hydrogen-bond acceptors (Lipinski definition) is 3. The fourth-order valence-electron chi connectivity index (χ4n) is 2.39. The van der Waals surface area contributed by atoms with Gasteiger partial charge in [0.25, 0.3) is 0 Å². The van der Waals surface area contributed by atoms with Gasteiger partial charge in [0.05, 0.1) is 6.61 Å². The van der Waals surface area contributed by atoms with Crippen LogP contribution in [0.25, 0.3) is 0 Å². The van der Waals surface area contributed by atoms with Crippen molar-refractivity contribution in [1.29, 1.82) is 0 Å². The molecule has 0 saturated heterocycles. The molecule has 3 heteroatoms. The van der Waals surface area contributed by atoms with Crippen molar-refractivity contribution < 1.29 is 5.11 Å². The van der Waals surface area contributed by atoms with E-state index in [1.165, 1.54) is 23.2 Å². The Labute approximate surface area is 124 Å². The van der Waals surface area contributed by atoms with Gasteiger partial charge in [0, 0.05) is 25.3 Å². The van der Waals surface area contributed by atoms with E-state index in [0.29, 0.717) is 6.54 Å². The predicted octanol–water partition coefficient (Wildman–Crippen LogP) is 3.09. The minimum absolute atomic E-state index is 0.208. The van der Waals surface area contributed by atoms with E-state index in [2.05, 4.69) is 49.2 Å². The predicted molar refractivity (Wildman–Crippen MR) is 87.4 cm³/mol. The summed E-state index contributed by atoms with van der Waals surface area (Å²) >= 11 is 0. The third-order valence-corrected chi connectivity index (χ3v) is 3.47. The van der Waals surface area contributed by atoms with E-state index >= 15 is 0 Å². The zero-order valence-electron chi connectivity index (χ0n) is 13.3. The average molecular weight is 278 g/mol. The van der Waals surface area contributed by atoms with Crippen molar-refractivity contribution in [2.45, 2.75) is 46.6 Å². The summed E-state index contributed by atoms with van der Waals surface area (Å²) < 4.78 is 0. The zero-order chi connectivity index (χ0) is 14.8. The quantitative estimate of drug-likeness (QED) is 0.646. The summed E-state index contributed by atoms with van der Waals surface area (Å²) in [4.78, 5) is 2.31. The molecule has 1 aromatic rings. The van der Waals surface area contributed by atoms with Crippen LogP contribution in [0.2, 0.25) is 0 Å². The molecule has 0 aromatic heterocycles. The minimum Gasteiger partial charge on any atom is -0.395 e. The molecule has 0 aliphatic rings. The van der Waals surface area contributed by atoms with Crippen LogP contribution in [-0.2, 0) is 6.54 Å². The number of nitrogens with zero attached hydrogens (tertiary/aromatic N) is 1. The molecule has 0 aliphatic heterocycles. The first-order valence-corrected chi connectivity index (χ1v) is 7.89. The van der Waals surface area contributed by atoms with Gasteiger partial charge >= 0.3 is 0 Å². The molecule has 0 aliphatic carbocycles. The molecular formula is C17H30N2O. The number of rotatable bonds is 10. The highest BCUT2D eigenvalue weighted by molar-refractivity contribution is 5.55. The SMILES string of the molecule is CCCCN(CCO)c1ccc(C)cc1CNCCC. The van der Waals surface area contributed by atoms with Gasteiger partial charge in [0.1, 0.15) is 0 Å². The molecule has 1 aromatic carbocycles. The Hall–Kier alpha value is -1.06. The smallest absolute Gasteiger partial charge is 0.0606 e. The Kier molecular flexibility index (Phi) is 8.31. The summed E-state index contributed by atoms with van der Waals surface area (Å²) in [6, 6.07) is 6.62. The van der Waals surface area contributed by atoms with Crippen molar-refractivity contribution >= 4 is 5.69 Å². The number of aliphatic hydroxyl groups is 1. The maximum atomic E-state index is 9.30. The van der Waals surface area contributed by atoms with E-state index in [1.54, 1.807) is 0 Å². The van der Waals surface area contributed by atoms with E-state index in [-0.39, 0.29) is 6.61 Å². The lowest BCUT2D eigenvalue weighted by atomic mass is 10.1. The van der Waals surface area contributed by atoms with Crippen LogP contribution in [0, 0.1) is 6.92 Å². The number of hydrogen-bond donors (Lipinski definition) is 2. The van der Waals surface area contributed by atoms with Crippen LogP contribution < -0.4 is 10.2 Å². The molecule has 1 rings (SSSR count). The average Bonchev–Trinajstić information content (AvgIpc) is 2.44. The molecule has 0 bridgehead atoms. The number of unbranched alkanes of at least 4 members (excludes halogenated alkanes) is 1. The molecule has 20 heavy (non-hydrogen) atoms. The van der Waals surface area contributed by atoms with Gasteiger partial charge in [-0.1, -0.05) is 38.0 Å². The molecule has 0 heterocycles. The van der Waals surface area contributed by atoms with Crippen molar-refractivity contribution in [2.24, 2.45) is 0 Å². The Bertz CT molecular complexity index is 379. The molecule has 0 spiro atoms. The molecule has 0 fully saturated rings. The molecule has 2 N–H and O–H groups in total. The lowest BCUT2D eigenvalue weighted by molar-refractivity contribution is 0.301. The maximum absolute atomic E-state index is 9.30. The minimum atomic E-state index is 0.208. The number of aliphatic hydroxyl groups excluding tert-OH is 1. The van der Waals surface area contributed by atoms with E-state index in [0.717, 1.165) is 32.5 Å². The van der Waals surface area contributed by atoms with Crippen molar-refractivity contribution in [2.75, 3.05) is 31.1 Å². The van der Waals surface area contributed by atoms with E-state index < -0.39 is 0 Å². The van der Waals surface area contributed by atoms with Crippen LogP contribution in [0.3, 0.4) is 0 Å². The third kappa shape index (κ3) is 5.51. The van der Waals surface area contributed by atoms with Crippen LogP contribution in [-0.4, -0.2) is 31.3 Å².